The van der Waals surface area contributed by atoms with Gasteiger partial charge in [-0.25, -0.2) is 4.98 Å². The monoisotopic (exact) mass is 232 g/mol. The molecular formula is C12H16N4O. The van der Waals surface area contributed by atoms with Crippen molar-refractivity contribution in [3.63, 3.8) is 0 Å². The van der Waals surface area contributed by atoms with Crippen LogP contribution in [0.1, 0.15) is 37.9 Å². The van der Waals surface area contributed by atoms with E-state index in [1.807, 2.05) is 11.8 Å². The summed E-state index contributed by atoms with van der Waals surface area (Å²) < 4.78 is 0. The van der Waals surface area contributed by atoms with E-state index in [0.717, 1.165) is 25.2 Å². The highest BCUT2D eigenvalue weighted by molar-refractivity contribution is 5.38. The summed E-state index contributed by atoms with van der Waals surface area (Å²) in [5, 5.41) is 8.60. The van der Waals surface area contributed by atoms with Gasteiger partial charge in [0, 0.05) is 25.1 Å². The molecular weight excluding hydrogens is 216 g/mol. The highest BCUT2D eigenvalue weighted by atomic mass is 16.1. The molecule has 0 spiro atoms. The van der Waals surface area contributed by atoms with Crippen molar-refractivity contribution >= 4 is 5.82 Å². The van der Waals surface area contributed by atoms with Gasteiger partial charge in [-0.3, -0.25) is 4.79 Å². The Bertz CT molecular complexity index is 484. The van der Waals surface area contributed by atoms with Crippen molar-refractivity contribution in [1.82, 2.24) is 9.97 Å². The Hall–Kier alpha value is -1.83. The number of H-pyrrole nitrogens is 1. The highest BCUT2D eigenvalue weighted by Crippen LogP contribution is 2.37. The van der Waals surface area contributed by atoms with Crippen molar-refractivity contribution in [2.45, 2.75) is 32.1 Å². The first-order valence-corrected chi connectivity index (χ1v) is 5.97. The number of aromatic amines is 1. The van der Waals surface area contributed by atoms with Crippen molar-refractivity contribution in [3.8, 4) is 6.07 Å². The lowest BCUT2D eigenvalue weighted by Gasteiger charge is -2.20. The number of rotatable bonds is 5. The lowest BCUT2D eigenvalue weighted by atomic mass is 10.3. The van der Waals surface area contributed by atoms with Crippen LogP contribution in [0.4, 0.5) is 5.82 Å². The van der Waals surface area contributed by atoms with Crippen LogP contribution >= 0.6 is 0 Å². The fourth-order valence-corrected chi connectivity index (χ4v) is 1.79. The van der Waals surface area contributed by atoms with E-state index in [4.69, 9.17) is 5.26 Å². The molecule has 0 bridgehead atoms. The maximum atomic E-state index is 11.6. The van der Waals surface area contributed by atoms with Crippen molar-refractivity contribution in [1.29, 1.82) is 5.26 Å². The highest BCUT2D eigenvalue weighted by Gasteiger charge is 2.26. The van der Waals surface area contributed by atoms with Gasteiger partial charge < -0.3 is 9.88 Å². The lowest BCUT2D eigenvalue weighted by molar-refractivity contribution is 0.789. The molecule has 1 fully saturated rings. The average molecular weight is 232 g/mol. The van der Waals surface area contributed by atoms with E-state index in [1.54, 1.807) is 0 Å². The number of nitriles is 1. The summed E-state index contributed by atoms with van der Waals surface area (Å²) in [5.41, 5.74) is -0.104. The van der Waals surface area contributed by atoms with E-state index >= 15 is 0 Å². The smallest absolute Gasteiger partial charge is 0.252 e. The van der Waals surface area contributed by atoms with E-state index in [1.165, 1.54) is 6.07 Å². The number of nitrogens with one attached hydrogen (secondary N) is 1. The largest absolute Gasteiger partial charge is 0.356 e. The standard InChI is InChI=1S/C12H16N4O/c1-2-16(7-3-6-13)10-8-11(17)15-12(14-10)9-4-5-9/h8-9H,2-5,7H2,1H3,(H,14,15,17). The molecule has 1 aliphatic carbocycles. The Morgan fingerprint density at radius 1 is 1.65 bits per heavy atom. The van der Waals surface area contributed by atoms with Crippen LogP contribution in [0.5, 0.6) is 0 Å². The van der Waals surface area contributed by atoms with E-state index in [-0.39, 0.29) is 5.56 Å². The van der Waals surface area contributed by atoms with Crippen LogP contribution in [-0.2, 0) is 0 Å². The Kier molecular flexibility index (Phi) is 3.43. The molecule has 0 aliphatic heterocycles. The molecule has 1 aromatic rings. The Morgan fingerprint density at radius 2 is 2.41 bits per heavy atom. The summed E-state index contributed by atoms with van der Waals surface area (Å²) in [4.78, 5) is 20.8. The van der Waals surface area contributed by atoms with E-state index in [0.29, 0.717) is 24.7 Å². The first-order chi connectivity index (χ1) is 8.24. The Balaban J connectivity index is 2.23. The molecule has 0 radical (unpaired) electrons. The van der Waals surface area contributed by atoms with Gasteiger partial charge in [0.25, 0.3) is 5.56 Å². The van der Waals surface area contributed by atoms with Gasteiger partial charge >= 0.3 is 0 Å². The molecule has 1 aromatic heterocycles. The van der Waals surface area contributed by atoms with Gasteiger partial charge in [0.1, 0.15) is 11.6 Å². The lowest BCUT2D eigenvalue weighted by Crippen LogP contribution is -2.27. The fourth-order valence-electron chi connectivity index (χ4n) is 1.79. The zero-order chi connectivity index (χ0) is 12.3. The molecule has 5 nitrogen and oxygen atoms in total. The summed E-state index contributed by atoms with van der Waals surface area (Å²) in [6.07, 6.45) is 2.66. The van der Waals surface area contributed by atoms with E-state index < -0.39 is 0 Å². The second-order valence-corrected chi connectivity index (χ2v) is 4.25. The first kappa shape index (κ1) is 11.6. The SMILES string of the molecule is CCN(CCC#N)c1cc(=O)[nH]c(C2CC2)n1. The molecule has 0 amide bonds. The minimum atomic E-state index is -0.104. The minimum Gasteiger partial charge on any atom is -0.356 e. The summed E-state index contributed by atoms with van der Waals surface area (Å²) in [6.45, 7) is 3.37. The molecule has 1 saturated carbocycles. The second-order valence-electron chi connectivity index (χ2n) is 4.25. The van der Waals surface area contributed by atoms with Crippen LogP contribution in [0.2, 0.25) is 0 Å². The van der Waals surface area contributed by atoms with Crippen LogP contribution in [-0.4, -0.2) is 23.1 Å². The van der Waals surface area contributed by atoms with Crippen molar-refractivity contribution in [2.24, 2.45) is 0 Å². The van der Waals surface area contributed by atoms with Crippen LogP contribution < -0.4 is 10.5 Å². The van der Waals surface area contributed by atoms with Crippen LogP contribution in [0.15, 0.2) is 10.9 Å². The maximum Gasteiger partial charge on any atom is 0.252 e. The van der Waals surface area contributed by atoms with E-state index in [2.05, 4.69) is 16.0 Å². The molecule has 1 heterocycles. The molecule has 2 rings (SSSR count). The third-order valence-corrected chi connectivity index (χ3v) is 2.91. The van der Waals surface area contributed by atoms with Crippen LogP contribution in [0.3, 0.4) is 0 Å². The minimum absolute atomic E-state index is 0.104. The molecule has 1 N–H and O–H groups in total. The third kappa shape index (κ3) is 2.84. The van der Waals surface area contributed by atoms with Crippen molar-refractivity contribution < 1.29 is 0 Å². The number of aromatic nitrogens is 2. The van der Waals surface area contributed by atoms with Gasteiger partial charge in [-0.2, -0.15) is 5.26 Å². The predicted molar refractivity (Wildman–Crippen MR) is 64.9 cm³/mol. The van der Waals surface area contributed by atoms with Gasteiger partial charge in [-0.1, -0.05) is 0 Å². The first-order valence-electron chi connectivity index (χ1n) is 5.97. The van der Waals surface area contributed by atoms with Gasteiger partial charge in [0.15, 0.2) is 0 Å². The molecule has 1 aliphatic rings. The number of hydrogen-bond donors (Lipinski definition) is 1. The number of anilines is 1. The molecule has 0 saturated heterocycles. The van der Waals surface area contributed by atoms with Gasteiger partial charge in [0.05, 0.1) is 12.5 Å². The molecule has 90 valence electrons. The number of nitrogens with zero attached hydrogens (tertiary/aromatic N) is 3. The van der Waals surface area contributed by atoms with Gasteiger partial charge in [-0.15, -0.1) is 0 Å². The Morgan fingerprint density at radius 3 is 3.00 bits per heavy atom. The third-order valence-electron chi connectivity index (χ3n) is 2.91. The van der Waals surface area contributed by atoms with Gasteiger partial charge in [-0.05, 0) is 19.8 Å². The van der Waals surface area contributed by atoms with Crippen LogP contribution in [0, 0.1) is 11.3 Å². The second kappa shape index (κ2) is 5.00. The summed E-state index contributed by atoms with van der Waals surface area (Å²) in [7, 11) is 0. The topological polar surface area (TPSA) is 72.8 Å². The van der Waals surface area contributed by atoms with E-state index in [9.17, 15) is 4.79 Å². The maximum absolute atomic E-state index is 11.6. The number of hydrogen-bond acceptors (Lipinski definition) is 4. The normalized spacial score (nSPS) is 14.4. The van der Waals surface area contributed by atoms with Gasteiger partial charge in [0.2, 0.25) is 0 Å². The summed E-state index contributed by atoms with van der Waals surface area (Å²) >= 11 is 0. The molecule has 0 atom stereocenters. The molecule has 0 aromatic carbocycles. The Labute approximate surface area is 100 Å². The molecule has 17 heavy (non-hydrogen) atoms. The molecule has 0 unspecified atom stereocenters. The zero-order valence-corrected chi connectivity index (χ0v) is 9.94. The quantitative estimate of drug-likeness (QED) is 0.832. The van der Waals surface area contributed by atoms with Crippen molar-refractivity contribution in [3.05, 3.63) is 22.2 Å². The van der Waals surface area contributed by atoms with Crippen LogP contribution in [0.25, 0.3) is 0 Å². The van der Waals surface area contributed by atoms with Crippen molar-refractivity contribution in [2.75, 3.05) is 18.0 Å². The predicted octanol–water partition coefficient (Wildman–Crippen LogP) is 1.39. The zero-order valence-electron chi connectivity index (χ0n) is 9.94. The summed E-state index contributed by atoms with van der Waals surface area (Å²) in [6, 6.07) is 3.62. The average Bonchev–Trinajstić information content (AvgIpc) is 3.13. The fraction of sp³-hybridized carbons (Fsp3) is 0.583. The summed E-state index contributed by atoms with van der Waals surface area (Å²) in [5.74, 6) is 1.91. The molecule has 5 heteroatoms.